The van der Waals surface area contributed by atoms with E-state index in [-0.39, 0.29) is 0 Å². The van der Waals surface area contributed by atoms with Gasteiger partial charge in [-0.2, -0.15) is 0 Å². The van der Waals surface area contributed by atoms with Gasteiger partial charge in [0.2, 0.25) is 0 Å². The average Bonchev–Trinajstić information content (AvgIpc) is 2.81. The fourth-order valence-corrected chi connectivity index (χ4v) is 3.47. The standard InChI is InChI=1S/C12H20O.CH4O/c1-2-6-9(5-1)11-12(13-11)10-7-3-4-8-10;1-2/h9-12H,1-8H2;2H,1H3. The molecular weight excluding hydrogens is 188 g/mol. The first-order valence-corrected chi connectivity index (χ1v) is 6.55. The summed E-state index contributed by atoms with van der Waals surface area (Å²) in [6.07, 6.45) is 13.0. The second-order valence-corrected chi connectivity index (χ2v) is 5.15. The molecule has 0 radical (unpaired) electrons. The Bertz CT molecular complexity index is 161. The minimum Gasteiger partial charge on any atom is -0.400 e. The molecule has 2 aliphatic carbocycles. The van der Waals surface area contributed by atoms with Crippen molar-refractivity contribution in [3.8, 4) is 0 Å². The summed E-state index contributed by atoms with van der Waals surface area (Å²) in [6.45, 7) is 0. The van der Waals surface area contributed by atoms with Gasteiger partial charge in [-0.05, 0) is 37.5 Å². The van der Waals surface area contributed by atoms with E-state index in [2.05, 4.69) is 0 Å². The van der Waals surface area contributed by atoms with E-state index in [1.54, 1.807) is 0 Å². The molecule has 1 saturated heterocycles. The van der Waals surface area contributed by atoms with Crippen LogP contribution in [0.5, 0.6) is 0 Å². The molecule has 3 fully saturated rings. The number of aliphatic hydroxyl groups excluding tert-OH is 1. The molecule has 3 rings (SSSR count). The van der Waals surface area contributed by atoms with Crippen molar-refractivity contribution in [1.82, 2.24) is 0 Å². The Morgan fingerprint density at radius 3 is 1.40 bits per heavy atom. The maximum absolute atomic E-state index is 7.00. The topological polar surface area (TPSA) is 32.8 Å². The summed E-state index contributed by atoms with van der Waals surface area (Å²) >= 11 is 0. The fraction of sp³-hybridized carbons (Fsp3) is 1.00. The largest absolute Gasteiger partial charge is 0.400 e. The number of hydrogen-bond donors (Lipinski definition) is 1. The van der Waals surface area contributed by atoms with E-state index in [0.29, 0.717) is 12.2 Å². The van der Waals surface area contributed by atoms with Gasteiger partial charge in [0.25, 0.3) is 0 Å². The molecule has 88 valence electrons. The van der Waals surface area contributed by atoms with Crippen molar-refractivity contribution in [2.45, 2.75) is 63.6 Å². The molecule has 0 aromatic carbocycles. The molecule has 15 heavy (non-hydrogen) atoms. The number of epoxide rings is 1. The van der Waals surface area contributed by atoms with Crippen molar-refractivity contribution in [1.29, 1.82) is 0 Å². The second-order valence-electron chi connectivity index (χ2n) is 5.15. The van der Waals surface area contributed by atoms with Crippen LogP contribution in [0.4, 0.5) is 0 Å². The van der Waals surface area contributed by atoms with Crippen molar-refractivity contribution < 1.29 is 9.84 Å². The van der Waals surface area contributed by atoms with Crippen LogP contribution in [0.1, 0.15) is 51.4 Å². The van der Waals surface area contributed by atoms with E-state index < -0.39 is 0 Å². The summed E-state index contributed by atoms with van der Waals surface area (Å²) in [6, 6.07) is 0. The molecule has 3 aliphatic rings. The zero-order chi connectivity index (χ0) is 10.7. The molecule has 0 amide bonds. The Balaban J connectivity index is 0.000000404. The van der Waals surface area contributed by atoms with Gasteiger partial charge in [0.15, 0.2) is 0 Å². The number of rotatable bonds is 2. The predicted octanol–water partition coefficient (Wildman–Crippen LogP) is 2.74. The molecule has 2 atom stereocenters. The van der Waals surface area contributed by atoms with Gasteiger partial charge in [0.05, 0.1) is 12.2 Å². The van der Waals surface area contributed by atoms with Crippen molar-refractivity contribution in [2.75, 3.05) is 7.11 Å². The Labute approximate surface area is 93.0 Å². The highest BCUT2D eigenvalue weighted by molar-refractivity contribution is 4.97. The van der Waals surface area contributed by atoms with Gasteiger partial charge >= 0.3 is 0 Å². The van der Waals surface area contributed by atoms with Crippen LogP contribution in [0.15, 0.2) is 0 Å². The maximum Gasteiger partial charge on any atom is 0.0872 e. The van der Waals surface area contributed by atoms with Crippen molar-refractivity contribution in [2.24, 2.45) is 11.8 Å². The predicted molar refractivity (Wildman–Crippen MR) is 60.7 cm³/mol. The highest BCUT2D eigenvalue weighted by atomic mass is 16.6. The zero-order valence-electron chi connectivity index (χ0n) is 9.82. The molecular formula is C13H24O2. The first-order chi connectivity index (χ1) is 7.45. The van der Waals surface area contributed by atoms with Crippen molar-refractivity contribution in [3.63, 3.8) is 0 Å². The van der Waals surface area contributed by atoms with Gasteiger partial charge in [-0.15, -0.1) is 0 Å². The van der Waals surface area contributed by atoms with Crippen LogP contribution in [0.2, 0.25) is 0 Å². The third kappa shape index (κ3) is 2.54. The zero-order valence-corrected chi connectivity index (χ0v) is 9.82. The molecule has 1 N–H and O–H groups in total. The van der Waals surface area contributed by atoms with Gasteiger partial charge in [0, 0.05) is 7.11 Å². The van der Waals surface area contributed by atoms with Crippen LogP contribution < -0.4 is 0 Å². The van der Waals surface area contributed by atoms with Gasteiger partial charge in [-0.3, -0.25) is 0 Å². The lowest BCUT2D eigenvalue weighted by Crippen LogP contribution is -2.12. The van der Waals surface area contributed by atoms with Gasteiger partial charge in [-0.1, -0.05) is 25.7 Å². The first-order valence-electron chi connectivity index (χ1n) is 6.55. The molecule has 1 aliphatic heterocycles. The lowest BCUT2D eigenvalue weighted by Gasteiger charge is -2.06. The lowest BCUT2D eigenvalue weighted by molar-refractivity contribution is 0.292. The molecule has 0 spiro atoms. The Kier molecular flexibility index (Phi) is 4.04. The van der Waals surface area contributed by atoms with Gasteiger partial charge in [0.1, 0.15) is 0 Å². The van der Waals surface area contributed by atoms with Crippen LogP contribution in [-0.4, -0.2) is 24.4 Å². The summed E-state index contributed by atoms with van der Waals surface area (Å²) in [5.41, 5.74) is 0. The Morgan fingerprint density at radius 1 is 0.733 bits per heavy atom. The molecule has 2 unspecified atom stereocenters. The molecule has 2 heteroatoms. The Morgan fingerprint density at radius 2 is 1.07 bits per heavy atom. The number of ether oxygens (including phenoxy) is 1. The van der Waals surface area contributed by atoms with E-state index >= 15 is 0 Å². The van der Waals surface area contributed by atoms with Crippen molar-refractivity contribution >= 4 is 0 Å². The van der Waals surface area contributed by atoms with Crippen LogP contribution in [0.3, 0.4) is 0 Å². The van der Waals surface area contributed by atoms with Crippen LogP contribution in [-0.2, 0) is 4.74 Å². The smallest absolute Gasteiger partial charge is 0.0872 e. The summed E-state index contributed by atoms with van der Waals surface area (Å²) in [5, 5.41) is 7.00. The number of hydrogen-bond acceptors (Lipinski definition) is 2. The highest BCUT2D eigenvalue weighted by Crippen LogP contribution is 2.46. The van der Waals surface area contributed by atoms with E-state index in [9.17, 15) is 0 Å². The van der Waals surface area contributed by atoms with E-state index in [1.807, 2.05) is 0 Å². The van der Waals surface area contributed by atoms with Gasteiger partial charge < -0.3 is 9.84 Å². The molecule has 2 nitrogen and oxygen atoms in total. The molecule has 0 bridgehead atoms. The third-order valence-electron chi connectivity index (χ3n) is 4.29. The average molecular weight is 212 g/mol. The molecule has 0 aromatic rings. The summed E-state index contributed by atoms with van der Waals surface area (Å²) in [5.74, 6) is 1.90. The minimum absolute atomic E-state index is 0.700. The molecule has 1 heterocycles. The van der Waals surface area contributed by atoms with E-state index in [4.69, 9.17) is 9.84 Å². The Hall–Kier alpha value is -0.0800. The summed E-state index contributed by atoms with van der Waals surface area (Å²) in [4.78, 5) is 0. The monoisotopic (exact) mass is 212 g/mol. The first kappa shape index (κ1) is 11.4. The van der Waals surface area contributed by atoms with Crippen LogP contribution in [0.25, 0.3) is 0 Å². The quantitative estimate of drug-likeness (QED) is 0.714. The fourth-order valence-electron chi connectivity index (χ4n) is 3.47. The van der Waals surface area contributed by atoms with Crippen molar-refractivity contribution in [3.05, 3.63) is 0 Å². The third-order valence-corrected chi connectivity index (χ3v) is 4.29. The SMILES string of the molecule is C1CCC(C2OC2C2CCCC2)C1.CO. The molecule has 2 saturated carbocycles. The second kappa shape index (κ2) is 5.31. The van der Waals surface area contributed by atoms with Crippen LogP contribution in [0, 0.1) is 11.8 Å². The molecule has 0 aromatic heterocycles. The van der Waals surface area contributed by atoms with E-state index in [0.717, 1.165) is 18.9 Å². The van der Waals surface area contributed by atoms with Crippen LogP contribution >= 0.6 is 0 Å². The lowest BCUT2D eigenvalue weighted by atomic mass is 9.94. The maximum atomic E-state index is 7.00. The van der Waals surface area contributed by atoms with Gasteiger partial charge in [-0.25, -0.2) is 0 Å². The number of aliphatic hydroxyl groups is 1. The highest BCUT2D eigenvalue weighted by Gasteiger charge is 2.49. The minimum atomic E-state index is 0.700. The summed E-state index contributed by atoms with van der Waals surface area (Å²) in [7, 11) is 1.00. The normalized spacial score (nSPS) is 36.4. The summed E-state index contributed by atoms with van der Waals surface area (Å²) < 4.78 is 5.88. The van der Waals surface area contributed by atoms with E-state index in [1.165, 1.54) is 51.4 Å².